The van der Waals surface area contributed by atoms with E-state index in [0.29, 0.717) is 12.8 Å². The molecule has 1 saturated carbocycles. The number of likely N-dealkylation sites (tertiary alicyclic amines) is 1. The smallest absolute Gasteiger partial charge is 0.347 e. The Kier molecular flexibility index (Phi) is 7.33. The first-order valence-corrected chi connectivity index (χ1v) is 12.7. The Bertz CT molecular complexity index is 1270. The maximum atomic E-state index is 15.0. The largest absolute Gasteiger partial charge is 0.416 e. The van der Waals surface area contributed by atoms with Gasteiger partial charge >= 0.3 is 6.18 Å². The number of hydrogen-bond acceptors (Lipinski definition) is 3. The summed E-state index contributed by atoms with van der Waals surface area (Å²) >= 11 is 0. The second kappa shape index (κ2) is 10.1. The van der Waals surface area contributed by atoms with Crippen LogP contribution in [0, 0.1) is 5.82 Å². The van der Waals surface area contributed by atoms with E-state index >= 15 is 4.39 Å². The average Bonchev–Trinajstić information content (AvgIpc) is 3.54. The van der Waals surface area contributed by atoms with Crippen molar-refractivity contribution in [3.63, 3.8) is 0 Å². The molecule has 6 nitrogen and oxygen atoms in total. The zero-order valence-corrected chi connectivity index (χ0v) is 21.7. The van der Waals surface area contributed by atoms with Gasteiger partial charge in [-0.2, -0.15) is 13.2 Å². The van der Waals surface area contributed by atoms with E-state index < -0.39 is 41.0 Å². The zero-order chi connectivity index (χ0) is 28.0. The molecule has 2 N–H and O–H groups in total. The van der Waals surface area contributed by atoms with E-state index in [9.17, 15) is 27.6 Å². The molecule has 38 heavy (non-hydrogen) atoms. The molecule has 2 fully saturated rings. The third-order valence-corrected chi connectivity index (χ3v) is 7.45. The summed E-state index contributed by atoms with van der Waals surface area (Å²) in [7, 11) is 1.45. The minimum absolute atomic E-state index is 0.0724. The number of alkyl halides is 3. The quantitative estimate of drug-likeness (QED) is 0.444. The number of hydrogen-bond donors (Lipinski definition) is 2. The summed E-state index contributed by atoms with van der Waals surface area (Å²) in [5, 5.41) is 5.25. The Labute approximate surface area is 219 Å². The third kappa shape index (κ3) is 5.56. The van der Waals surface area contributed by atoms with Gasteiger partial charge in [0, 0.05) is 28.8 Å². The molecule has 1 aliphatic heterocycles. The van der Waals surface area contributed by atoms with Gasteiger partial charge in [-0.05, 0) is 64.7 Å². The predicted octanol–water partition coefficient (Wildman–Crippen LogP) is 3.26. The van der Waals surface area contributed by atoms with Crippen molar-refractivity contribution in [3.8, 4) is 0 Å². The first-order valence-electron chi connectivity index (χ1n) is 12.7. The number of amides is 3. The van der Waals surface area contributed by atoms with E-state index in [1.54, 1.807) is 11.8 Å². The third-order valence-electron chi connectivity index (χ3n) is 7.45. The number of halogens is 4. The molecular formula is C27H30BF4N3O3. The Morgan fingerprint density at radius 2 is 1.66 bits per heavy atom. The van der Waals surface area contributed by atoms with Gasteiger partial charge in [-0.3, -0.25) is 14.4 Å². The van der Waals surface area contributed by atoms with Crippen LogP contribution < -0.4 is 16.1 Å². The van der Waals surface area contributed by atoms with Crippen LogP contribution in [0.25, 0.3) is 0 Å². The molecule has 3 amide bonds. The lowest BCUT2D eigenvalue weighted by molar-refractivity contribution is -0.137. The fourth-order valence-corrected chi connectivity index (χ4v) is 5.07. The Balaban J connectivity index is 1.44. The molecule has 2 aliphatic rings. The van der Waals surface area contributed by atoms with Gasteiger partial charge in [0.25, 0.3) is 11.8 Å². The van der Waals surface area contributed by atoms with Crippen molar-refractivity contribution < 1.29 is 31.9 Å². The van der Waals surface area contributed by atoms with Gasteiger partial charge in [0.1, 0.15) is 19.2 Å². The molecule has 0 bridgehead atoms. The van der Waals surface area contributed by atoms with Gasteiger partial charge in [0.15, 0.2) is 0 Å². The molecule has 3 atom stereocenters. The van der Waals surface area contributed by atoms with Crippen LogP contribution >= 0.6 is 0 Å². The van der Waals surface area contributed by atoms with Gasteiger partial charge in [-0.15, -0.1) is 0 Å². The lowest BCUT2D eigenvalue weighted by atomic mass is 9.91. The molecule has 1 aliphatic carbocycles. The summed E-state index contributed by atoms with van der Waals surface area (Å²) in [6, 6.07) is 6.55. The first kappa shape index (κ1) is 27.7. The molecule has 11 heteroatoms. The molecule has 4 rings (SSSR count). The fraction of sp³-hybridized carbons (Fsp3) is 0.444. The molecule has 2 aromatic rings. The van der Waals surface area contributed by atoms with Crippen molar-refractivity contribution in [1.29, 1.82) is 0 Å². The van der Waals surface area contributed by atoms with E-state index in [1.165, 1.54) is 32.1 Å². The standard InChI is InChI=1S/C27H30BF4N3O3/c1-14-4-5-15(2)35(14)24(37)17-6-7-21(22(29)12-17)16(3)33-25(38)26(8-9-26)34-23(36)18-10-19(27(30,31)32)13-20(28)11-18/h6-7,10-16H,4-5,8-9,28H2,1-3H3,(H,33,38)(H,34,36)/t14-,15+,16-/m1/s1. The maximum absolute atomic E-state index is 15.0. The van der Waals surface area contributed by atoms with E-state index in [0.717, 1.165) is 25.0 Å². The summed E-state index contributed by atoms with van der Waals surface area (Å²) < 4.78 is 54.5. The van der Waals surface area contributed by atoms with E-state index in [-0.39, 0.29) is 40.1 Å². The lowest BCUT2D eigenvalue weighted by Gasteiger charge is -2.27. The average molecular weight is 531 g/mol. The number of nitrogens with one attached hydrogen (secondary N) is 2. The van der Waals surface area contributed by atoms with Crippen molar-refractivity contribution in [3.05, 3.63) is 64.5 Å². The van der Waals surface area contributed by atoms with Crippen LogP contribution in [0.4, 0.5) is 17.6 Å². The lowest BCUT2D eigenvalue weighted by Crippen LogP contribution is -2.49. The molecule has 0 unspecified atom stereocenters. The van der Waals surface area contributed by atoms with Crippen LogP contribution in [0.1, 0.15) is 84.3 Å². The number of nitrogens with zero attached hydrogens (tertiary/aromatic N) is 1. The number of benzene rings is 2. The molecule has 2 aromatic carbocycles. The van der Waals surface area contributed by atoms with Crippen molar-refractivity contribution in [2.75, 3.05) is 0 Å². The molecular weight excluding hydrogens is 501 g/mol. The number of carbonyl (C=O) groups excluding carboxylic acids is 3. The second-order valence-electron chi connectivity index (χ2n) is 10.5. The summed E-state index contributed by atoms with van der Waals surface area (Å²) in [6.45, 7) is 5.51. The van der Waals surface area contributed by atoms with Crippen molar-refractivity contribution >= 4 is 31.0 Å². The van der Waals surface area contributed by atoms with Crippen molar-refractivity contribution in [2.45, 2.75) is 76.3 Å². The van der Waals surface area contributed by atoms with Gasteiger partial charge in [-0.25, -0.2) is 4.39 Å². The molecule has 1 heterocycles. The predicted molar refractivity (Wildman–Crippen MR) is 136 cm³/mol. The van der Waals surface area contributed by atoms with Crippen molar-refractivity contribution in [2.24, 2.45) is 0 Å². The summed E-state index contributed by atoms with van der Waals surface area (Å²) in [5.41, 5.74) is -1.75. The number of carbonyl (C=O) groups is 3. The number of rotatable bonds is 6. The van der Waals surface area contributed by atoms with Gasteiger partial charge in [-0.1, -0.05) is 23.7 Å². The molecule has 0 radical (unpaired) electrons. The summed E-state index contributed by atoms with van der Waals surface area (Å²) in [4.78, 5) is 40.4. The van der Waals surface area contributed by atoms with E-state index in [2.05, 4.69) is 10.6 Å². The molecule has 1 saturated heterocycles. The van der Waals surface area contributed by atoms with Crippen LogP contribution in [0.5, 0.6) is 0 Å². The van der Waals surface area contributed by atoms with Crippen LogP contribution in [0.3, 0.4) is 0 Å². The highest BCUT2D eigenvalue weighted by Gasteiger charge is 2.51. The Hall–Kier alpha value is -3.37. The molecule has 0 aromatic heterocycles. The van der Waals surface area contributed by atoms with Gasteiger partial charge < -0.3 is 15.5 Å². The highest BCUT2D eigenvalue weighted by Crippen LogP contribution is 2.37. The highest BCUT2D eigenvalue weighted by molar-refractivity contribution is 6.32. The Morgan fingerprint density at radius 1 is 1.03 bits per heavy atom. The normalized spacial score (nSPS) is 21.1. The summed E-state index contributed by atoms with van der Waals surface area (Å²) in [6.07, 6.45) is -2.22. The molecule has 202 valence electrons. The van der Waals surface area contributed by atoms with Crippen LogP contribution in [0.15, 0.2) is 36.4 Å². The first-order chi connectivity index (χ1) is 17.7. The topological polar surface area (TPSA) is 78.5 Å². The monoisotopic (exact) mass is 531 g/mol. The SMILES string of the molecule is Bc1cc(C(=O)NC2(C(=O)N[C@H](C)c3ccc(C(=O)N4[C@H](C)CC[C@@H]4C)cc3F)CC2)cc(C(F)(F)F)c1. The maximum Gasteiger partial charge on any atom is 0.416 e. The molecule has 0 spiro atoms. The second-order valence-corrected chi connectivity index (χ2v) is 10.5. The van der Waals surface area contributed by atoms with E-state index in [1.807, 2.05) is 13.8 Å². The van der Waals surface area contributed by atoms with Crippen LogP contribution in [0.2, 0.25) is 0 Å². The Morgan fingerprint density at radius 3 is 2.21 bits per heavy atom. The van der Waals surface area contributed by atoms with Crippen molar-refractivity contribution in [1.82, 2.24) is 15.5 Å². The van der Waals surface area contributed by atoms with Gasteiger partial charge in [0.2, 0.25) is 5.91 Å². The summed E-state index contributed by atoms with van der Waals surface area (Å²) in [5.74, 6) is -2.23. The van der Waals surface area contributed by atoms with Gasteiger partial charge in [0.05, 0.1) is 11.6 Å². The minimum Gasteiger partial charge on any atom is -0.347 e. The fourth-order valence-electron chi connectivity index (χ4n) is 5.07. The minimum atomic E-state index is -4.61. The van der Waals surface area contributed by atoms with Crippen LogP contribution in [-0.2, 0) is 11.0 Å². The highest BCUT2D eigenvalue weighted by atomic mass is 19.4. The zero-order valence-electron chi connectivity index (χ0n) is 21.7. The van der Waals surface area contributed by atoms with E-state index in [4.69, 9.17) is 0 Å². The van der Waals surface area contributed by atoms with Crippen LogP contribution in [-0.4, -0.2) is 48.1 Å².